The highest BCUT2D eigenvalue weighted by atomic mass is 32.2. The second-order valence-corrected chi connectivity index (χ2v) is 9.08. The van der Waals surface area contributed by atoms with E-state index < -0.39 is 16.0 Å². The molecule has 2 aromatic heterocycles. The molecule has 0 aliphatic carbocycles. The Labute approximate surface area is 153 Å². The topological polar surface area (TPSA) is 83.5 Å². The highest BCUT2D eigenvalue weighted by Crippen LogP contribution is 2.39. The van der Waals surface area contributed by atoms with Crippen molar-refractivity contribution in [3.05, 3.63) is 57.8 Å². The number of carboxylic acid groups (broad SMARTS) is 1. The van der Waals surface area contributed by atoms with Gasteiger partial charge < -0.3 is 5.11 Å². The number of hydrogen-bond acceptors (Lipinski definition) is 5. The van der Waals surface area contributed by atoms with E-state index in [2.05, 4.69) is 4.72 Å². The third-order valence-corrected chi connectivity index (χ3v) is 7.48. The van der Waals surface area contributed by atoms with Crippen LogP contribution in [0, 0.1) is 13.8 Å². The first kappa shape index (κ1) is 17.7. The summed E-state index contributed by atoms with van der Waals surface area (Å²) in [4.78, 5) is 13.3. The smallest absolute Gasteiger partial charge is 0.348 e. The van der Waals surface area contributed by atoms with Crippen LogP contribution in [-0.2, 0) is 10.0 Å². The average Bonchev–Trinajstić information content (AvgIpc) is 3.13. The van der Waals surface area contributed by atoms with Gasteiger partial charge in [0.25, 0.3) is 10.0 Å². The summed E-state index contributed by atoms with van der Waals surface area (Å²) in [6.45, 7) is 3.63. The molecular formula is C17H15NO4S3. The maximum absolute atomic E-state index is 12.7. The average molecular weight is 394 g/mol. The van der Waals surface area contributed by atoms with Crippen molar-refractivity contribution >= 4 is 44.4 Å². The number of anilines is 1. The number of carbonyl (C=O) groups is 1. The molecule has 0 fully saturated rings. The molecule has 0 atom stereocenters. The lowest BCUT2D eigenvalue weighted by atomic mass is 10.2. The van der Waals surface area contributed by atoms with Gasteiger partial charge in [-0.1, -0.05) is 18.2 Å². The molecular weight excluding hydrogens is 378 g/mol. The molecule has 0 amide bonds. The lowest BCUT2D eigenvalue weighted by Gasteiger charge is -2.09. The van der Waals surface area contributed by atoms with Gasteiger partial charge in [0, 0.05) is 9.75 Å². The Balaban J connectivity index is 2.05. The Morgan fingerprint density at radius 2 is 1.84 bits per heavy atom. The number of carboxylic acids is 1. The van der Waals surface area contributed by atoms with Crippen LogP contribution in [0.4, 0.5) is 5.69 Å². The summed E-state index contributed by atoms with van der Waals surface area (Å²) in [5, 5.41) is 11.4. The number of sulfonamides is 1. The molecule has 0 aliphatic heterocycles. The van der Waals surface area contributed by atoms with E-state index in [1.807, 2.05) is 18.4 Å². The first-order chi connectivity index (χ1) is 11.8. The molecule has 0 bridgehead atoms. The zero-order valence-electron chi connectivity index (χ0n) is 13.4. The Morgan fingerprint density at radius 3 is 2.44 bits per heavy atom. The van der Waals surface area contributed by atoms with E-state index in [1.165, 1.54) is 17.4 Å². The van der Waals surface area contributed by atoms with Crippen LogP contribution in [0.15, 0.2) is 46.7 Å². The van der Waals surface area contributed by atoms with E-state index in [0.717, 1.165) is 26.7 Å². The maximum Gasteiger partial charge on any atom is 0.348 e. The molecule has 25 heavy (non-hydrogen) atoms. The zero-order chi connectivity index (χ0) is 18.2. The van der Waals surface area contributed by atoms with E-state index >= 15 is 0 Å². The van der Waals surface area contributed by atoms with E-state index in [-0.39, 0.29) is 15.5 Å². The maximum atomic E-state index is 12.7. The largest absolute Gasteiger partial charge is 0.477 e. The molecule has 0 aliphatic rings. The summed E-state index contributed by atoms with van der Waals surface area (Å²) < 4.78 is 27.8. The van der Waals surface area contributed by atoms with E-state index in [9.17, 15) is 18.3 Å². The summed E-state index contributed by atoms with van der Waals surface area (Å²) >= 11 is 2.56. The molecule has 8 heteroatoms. The zero-order valence-corrected chi connectivity index (χ0v) is 15.9. The molecule has 0 radical (unpaired) electrons. The van der Waals surface area contributed by atoms with Gasteiger partial charge in [0.1, 0.15) is 4.88 Å². The molecule has 3 aromatic rings. The number of aromatic carboxylic acids is 1. The number of thiophene rings is 2. The van der Waals surface area contributed by atoms with Gasteiger partial charge in [-0.2, -0.15) is 0 Å². The van der Waals surface area contributed by atoms with Crippen LogP contribution in [-0.4, -0.2) is 19.5 Å². The summed E-state index contributed by atoms with van der Waals surface area (Å²) in [7, 11) is -3.87. The molecule has 130 valence electrons. The minimum Gasteiger partial charge on any atom is -0.477 e. The Hall–Kier alpha value is -2.16. The first-order valence-corrected chi connectivity index (χ1v) is 10.5. The molecule has 1 aromatic carbocycles. The number of rotatable bonds is 5. The number of hydrogen-bond donors (Lipinski definition) is 2. The van der Waals surface area contributed by atoms with Crippen LogP contribution >= 0.6 is 22.7 Å². The molecule has 2 heterocycles. The van der Waals surface area contributed by atoms with Crippen LogP contribution in [0.1, 0.15) is 20.8 Å². The summed E-state index contributed by atoms with van der Waals surface area (Å²) in [6.07, 6.45) is 0. The number of nitrogens with one attached hydrogen (secondary N) is 1. The van der Waals surface area contributed by atoms with Gasteiger partial charge >= 0.3 is 5.97 Å². The van der Waals surface area contributed by atoms with Crippen molar-refractivity contribution in [1.82, 2.24) is 0 Å². The number of benzene rings is 1. The normalized spacial score (nSPS) is 11.4. The van der Waals surface area contributed by atoms with Gasteiger partial charge in [-0.3, -0.25) is 4.72 Å². The fourth-order valence-corrected chi connectivity index (χ4v) is 5.86. The van der Waals surface area contributed by atoms with E-state index in [4.69, 9.17) is 0 Å². The van der Waals surface area contributed by atoms with Crippen LogP contribution in [0.5, 0.6) is 0 Å². The third-order valence-electron chi connectivity index (χ3n) is 3.64. The molecule has 3 rings (SSSR count). The van der Waals surface area contributed by atoms with E-state index in [0.29, 0.717) is 5.56 Å². The van der Waals surface area contributed by atoms with Gasteiger partial charge in [0.15, 0.2) is 0 Å². The van der Waals surface area contributed by atoms with Crippen molar-refractivity contribution in [2.75, 3.05) is 4.72 Å². The summed E-state index contributed by atoms with van der Waals surface area (Å²) in [5.74, 6) is -1.16. The van der Waals surface area contributed by atoms with Crippen molar-refractivity contribution in [1.29, 1.82) is 0 Å². The SMILES string of the molecule is Cc1ccccc1S(=O)(=O)Nc1cc(-c2sccc2C)sc1C(=O)O. The molecule has 5 nitrogen and oxygen atoms in total. The fraction of sp³-hybridized carbons (Fsp3) is 0.118. The second kappa shape index (κ2) is 6.62. The third kappa shape index (κ3) is 3.46. The lowest BCUT2D eigenvalue weighted by molar-refractivity contribution is 0.0703. The summed E-state index contributed by atoms with van der Waals surface area (Å²) in [6, 6.07) is 10.1. The second-order valence-electron chi connectivity index (χ2n) is 5.46. The predicted octanol–water partition coefficient (Wildman–Crippen LogP) is 4.59. The van der Waals surface area contributed by atoms with Crippen LogP contribution in [0.3, 0.4) is 0 Å². The van der Waals surface area contributed by atoms with E-state index in [1.54, 1.807) is 31.2 Å². The van der Waals surface area contributed by atoms with Crippen molar-refractivity contribution < 1.29 is 18.3 Å². The van der Waals surface area contributed by atoms with Crippen LogP contribution in [0.25, 0.3) is 9.75 Å². The van der Waals surface area contributed by atoms with Crippen LogP contribution < -0.4 is 4.72 Å². The Morgan fingerprint density at radius 1 is 1.12 bits per heavy atom. The number of aryl methyl sites for hydroxylation is 2. The van der Waals surface area contributed by atoms with Crippen molar-refractivity contribution in [3.8, 4) is 9.75 Å². The molecule has 0 saturated carbocycles. The predicted molar refractivity (Wildman–Crippen MR) is 101 cm³/mol. The standard InChI is InChI=1S/C17H15NO4S3/c1-10-5-3-4-6-14(10)25(21,22)18-12-9-13(24-16(12)17(19)20)15-11(2)7-8-23-15/h3-9,18H,1-2H3,(H,19,20). The van der Waals surface area contributed by atoms with Gasteiger partial charge in [0.05, 0.1) is 10.6 Å². The van der Waals surface area contributed by atoms with Crippen molar-refractivity contribution in [3.63, 3.8) is 0 Å². The van der Waals surface area contributed by atoms with Crippen LogP contribution in [0.2, 0.25) is 0 Å². The fourth-order valence-electron chi connectivity index (χ4n) is 2.42. The molecule has 0 spiro atoms. The first-order valence-electron chi connectivity index (χ1n) is 7.29. The molecule has 2 N–H and O–H groups in total. The monoisotopic (exact) mass is 393 g/mol. The summed E-state index contributed by atoms with van der Waals surface area (Å²) in [5.41, 5.74) is 1.71. The Kier molecular flexibility index (Phi) is 4.68. The van der Waals surface area contributed by atoms with Crippen molar-refractivity contribution in [2.45, 2.75) is 18.7 Å². The van der Waals surface area contributed by atoms with Crippen molar-refractivity contribution in [2.24, 2.45) is 0 Å². The lowest BCUT2D eigenvalue weighted by Crippen LogP contribution is -2.15. The highest BCUT2D eigenvalue weighted by Gasteiger charge is 2.23. The molecule has 0 saturated heterocycles. The minimum atomic E-state index is -3.87. The minimum absolute atomic E-state index is 0.0278. The quantitative estimate of drug-likeness (QED) is 0.664. The van der Waals surface area contributed by atoms with Gasteiger partial charge in [-0.05, 0) is 48.6 Å². The molecule has 0 unspecified atom stereocenters. The van der Waals surface area contributed by atoms with Gasteiger partial charge in [-0.25, -0.2) is 13.2 Å². The Bertz CT molecular complexity index is 1050. The van der Waals surface area contributed by atoms with Gasteiger partial charge in [0.2, 0.25) is 0 Å². The van der Waals surface area contributed by atoms with Gasteiger partial charge in [-0.15, -0.1) is 22.7 Å². The highest BCUT2D eigenvalue weighted by molar-refractivity contribution is 7.92.